The van der Waals surface area contributed by atoms with Crippen LogP contribution in [0.3, 0.4) is 0 Å². The average molecular weight is 393 g/mol. The zero-order chi connectivity index (χ0) is 19.6. The molecular formula is C20H21ClO6. The Balaban J connectivity index is 1.82. The minimum absolute atomic E-state index is 0.127. The molecule has 2 rings (SSSR count). The molecule has 0 aliphatic heterocycles. The van der Waals surface area contributed by atoms with Gasteiger partial charge in [0.2, 0.25) is 0 Å². The topological polar surface area (TPSA) is 63.2 Å². The third kappa shape index (κ3) is 6.11. The summed E-state index contributed by atoms with van der Waals surface area (Å²) in [6.07, 6.45) is 2.89. The van der Waals surface area contributed by atoms with E-state index in [4.69, 9.17) is 35.3 Å². The molecule has 7 heteroatoms. The molecule has 0 saturated carbocycles. The number of rotatable bonds is 9. The van der Waals surface area contributed by atoms with Crippen molar-refractivity contribution >= 4 is 23.6 Å². The van der Waals surface area contributed by atoms with Gasteiger partial charge in [0.15, 0.2) is 11.5 Å². The van der Waals surface area contributed by atoms with Crippen molar-refractivity contribution in [2.24, 2.45) is 0 Å². The lowest BCUT2D eigenvalue weighted by Gasteiger charge is -2.10. The predicted molar refractivity (Wildman–Crippen MR) is 103 cm³/mol. The molecular weight excluding hydrogens is 372 g/mol. The Hall–Kier alpha value is -2.86. The molecule has 0 atom stereocenters. The zero-order valence-electron chi connectivity index (χ0n) is 15.4. The Morgan fingerprint density at radius 3 is 2.30 bits per heavy atom. The van der Waals surface area contributed by atoms with Gasteiger partial charge in [-0.3, -0.25) is 0 Å². The van der Waals surface area contributed by atoms with Crippen LogP contribution in [0, 0.1) is 0 Å². The molecule has 2 aromatic rings. The van der Waals surface area contributed by atoms with Crippen LogP contribution in [-0.4, -0.2) is 40.5 Å². The van der Waals surface area contributed by atoms with Gasteiger partial charge in [0.25, 0.3) is 0 Å². The quantitative estimate of drug-likeness (QED) is 0.365. The fraction of sp³-hybridized carbons (Fsp3) is 0.250. The minimum atomic E-state index is -0.487. The highest BCUT2D eigenvalue weighted by Crippen LogP contribution is 2.36. The maximum Gasteiger partial charge on any atom is 0.330 e. The van der Waals surface area contributed by atoms with Crippen LogP contribution in [0.1, 0.15) is 5.56 Å². The fourth-order valence-electron chi connectivity index (χ4n) is 2.22. The largest absolute Gasteiger partial charge is 0.497 e. The van der Waals surface area contributed by atoms with E-state index >= 15 is 0 Å². The number of carbonyl (C=O) groups excluding carboxylic acids is 1. The van der Waals surface area contributed by atoms with Gasteiger partial charge in [-0.15, -0.1) is 0 Å². The first-order valence-electron chi connectivity index (χ1n) is 8.10. The smallest absolute Gasteiger partial charge is 0.330 e. The highest BCUT2D eigenvalue weighted by Gasteiger charge is 2.10. The van der Waals surface area contributed by atoms with Crippen LogP contribution in [-0.2, 0) is 9.53 Å². The van der Waals surface area contributed by atoms with Crippen molar-refractivity contribution in [3.8, 4) is 23.0 Å². The number of hydrogen-bond acceptors (Lipinski definition) is 6. The predicted octanol–water partition coefficient (Wildman–Crippen LogP) is 4.00. The molecule has 0 aliphatic carbocycles. The van der Waals surface area contributed by atoms with E-state index in [9.17, 15) is 4.79 Å². The summed E-state index contributed by atoms with van der Waals surface area (Å²) in [7, 11) is 4.61. The summed E-state index contributed by atoms with van der Waals surface area (Å²) in [5.74, 6) is 1.84. The van der Waals surface area contributed by atoms with Crippen molar-refractivity contribution in [2.45, 2.75) is 0 Å². The maximum atomic E-state index is 11.8. The van der Waals surface area contributed by atoms with E-state index < -0.39 is 5.97 Å². The second-order valence-corrected chi connectivity index (χ2v) is 5.67. The monoisotopic (exact) mass is 392 g/mol. The Morgan fingerprint density at radius 2 is 1.67 bits per heavy atom. The van der Waals surface area contributed by atoms with Crippen LogP contribution >= 0.6 is 11.6 Å². The first-order chi connectivity index (χ1) is 13.1. The van der Waals surface area contributed by atoms with Crippen molar-refractivity contribution in [1.29, 1.82) is 0 Å². The lowest BCUT2D eigenvalue weighted by atomic mass is 10.2. The standard InChI is InChI=1S/C20H21ClO6/c1-23-15-5-7-16(8-6-15)26-10-11-27-19(22)9-4-14-12-17(21)20(25-3)18(13-14)24-2/h4-9,12-13H,10-11H2,1-3H3. The van der Waals surface area contributed by atoms with Crippen molar-refractivity contribution < 1.29 is 28.5 Å². The molecule has 0 unspecified atom stereocenters. The van der Waals surface area contributed by atoms with Gasteiger partial charge in [-0.2, -0.15) is 0 Å². The van der Waals surface area contributed by atoms with E-state index in [1.807, 2.05) is 0 Å². The second kappa shape index (κ2) is 10.3. The summed E-state index contributed by atoms with van der Waals surface area (Å²) >= 11 is 6.13. The molecule has 0 spiro atoms. The number of ether oxygens (including phenoxy) is 5. The molecule has 27 heavy (non-hydrogen) atoms. The summed E-state index contributed by atoms with van der Waals surface area (Å²) in [5, 5.41) is 0.387. The molecule has 2 aromatic carbocycles. The molecule has 0 saturated heterocycles. The highest BCUT2D eigenvalue weighted by molar-refractivity contribution is 6.32. The van der Waals surface area contributed by atoms with Crippen LogP contribution in [0.15, 0.2) is 42.5 Å². The normalized spacial score (nSPS) is 10.5. The Bertz CT molecular complexity index is 786. The summed E-state index contributed by atoms with van der Waals surface area (Å²) in [4.78, 5) is 11.8. The van der Waals surface area contributed by atoms with Gasteiger partial charge < -0.3 is 23.7 Å². The molecule has 0 amide bonds. The first-order valence-corrected chi connectivity index (χ1v) is 8.48. The first kappa shape index (κ1) is 20.5. The van der Waals surface area contributed by atoms with Gasteiger partial charge in [0, 0.05) is 6.08 Å². The molecule has 0 radical (unpaired) electrons. The summed E-state index contributed by atoms with van der Waals surface area (Å²) in [6, 6.07) is 10.5. The molecule has 0 aliphatic rings. The molecule has 0 N–H and O–H groups in total. The zero-order valence-corrected chi connectivity index (χ0v) is 16.1. The summed E-state index contributed by atoms with van der Waals surface area (Å²) in [6.45, 7) is 0.371. The summed E-state index contributed by atoms with van der Waals surface area (Å²) < 4.78 is 26.0. The van der Waals surface area contributed by atoms with Crippen LogP contribution in [0.2, 0.25) is 5.02 Å². The number of halogens is 1. The molecule has 0 aromatic heterocycles. The van der Waals surface area contributed by atoms with Crippen LogP contribution in [0.5, 0.6) is 23.0 Å². The van der Waals surface area contributed by atoms with Crippen molar-refractivity contribution in [1.82, 2.24) is 0 Å². The lowest BCUT2D eigenvalue weighted by molar-refractivity contribution is -0.138. The highest BCUT2D eigenvalue weighted by atomic mass is 35.5. The van der Waals surface area contributed by atoms with Gasteiger partial charge >= 0.3 is 5.97 Å². The van der Waals surface area contributed by atoms with Crippen molar-refractivity contribution in [3.63, 3.8) is 0 Å². The SMILES string of the molecule is COc1ccc(OCCOC(=O)C=Cc2cc(Cl)c(OC)c(OC)c2)cc1. The average Bonchev–Trinajstić information content (AvgIpc) is 2.69. The molecule has 0 heterocycles. The molecule has 0 fully saturated rings. The third-order valence-corrected chi connectivity index (χ3v) is 3.80. The number of benzene rings is 2. The van der Waals surface area contributed by atoms with E-state index in [0.717, 1.165) is 5.75 Å². The fourth-order valence-corrected chi connectivity index (χ4v) is 2.52. The van der Waals surface area contributed by atoms with Gasteiger partial charge in [-0.05, 0) is 48.0 Å². The van der Waals surface area contributed by atoms with E-state index in [0.29, 0.717) is 27.8 Å². The van der Waals surface area contributed by atoms with Crippen LogP contribution in [0.4, 0.5) is 0 Å². The Labute approximate surface area is 163 Å². The van der Waals surface area contributed by atoms with Crippen molar-refractivity contribution in [3.05, 3.63) is 53.1 Å². The molecule has 144 valence electrons. The maximum absolute atomic E-state index is 11.8. The second-order valence-electron chi connectivity index (χ2n) is 5.26. The van der Waals surface area contributed by atoms with E-state index in [1.165, 1.54) is 20.3 Å². The van der Waals surface area contributed by atoms with Crippen LogP contribution in [0.25, 0.3) is 6.08 Å². The number of carbonyl (C=O) groups is 1. The minimum Gasteiger partial charge on any atom is -0.497 e. The van der Waals surface area contributed by atoms with Gasteiger partial charge in [0.1, 0.15) is 24.7 Å². The third-order valence-electron chi connectivity index (χ3n) is 3.52. The molecule has 6 nitrogen and oxygen atoms in total. The van der Waals surface area contributed by atoms with Crippen LogP contribution < -0.4 is 18.9 Å². The summed E-state index contributed by atoms with van der Waals surface area (Å²) in [5.41, 5.74) is 0.684. The molecule has 0 bridgehead atoms. The van der Waals surface area contributed by atoms with E-state index in [-0.39, 0.29) is 13.2 Å². The van der Waals surface area contributed by atoms with Crippen molar-refractivity contribution in [2.75, 3.05) is 34.5 Å². The van der Waals surface area contributed by atoms with Gasteiger partial charge in [0.05, 0.1) is 26.4 Å². The van der Waals surface area contributed by atoms with Gasteiger partial charge in [-0.1, -0.05) is 11.6 Å². The number of hydrogen-bond donors (Lipinski definition) is 0. The Kier molecular flexibility index (Phi) is 7.82. The Morgan fingerprint density at radius 1 is 0.963 bits per heavy atom. The number of methoxy groups -OCH3 is 3. The van der Waals surface area contributed by atoms with Gasteiger partial charge in [-0.25, -0.2) is 4.79 Å². The number of esters is 1. The van der Waals surface area contributed by atoms with E-state index in [2.05, 4.69) is 0 Å². The lowest BCUT2D eigenvalue weighted by Crippen LogP contribution is -2.10. The van der Waals surface area contributed by atoms with E-state index in [1.54, 1.807) is 49.6 Å².